The first kappa shape index (κ1) is 15.4. The van der Waals surface area contributed by atoms with Gasteiger partial charge in [-0.1, -0.05) is 32.9 Å². The Balaban J connectivity index is 2.05. The fraction of sp³-hybridized carbons (Fsp3) is 0.647. The van der Waals surface area contributed by atoms with Crippen LogP contribution >= 0.6 is 0 Å². The van der Waals surface area contributed by atoms with Gasteiger partial charge in [-0.2, -0.15) is 0 Å². The summed E-state index contributed by atoms with van der Waals surface area (Å²) in [6.45, 7) is 6.71. The summed E-state index contributed by atoms with van der Waals surface area (Å²) in [6, 6.07) is 4.03. The van der Waals surface area contributed by atoms with Gasteiger partial charge in [-0.25, -0.2) is 8.78 Å². The molecular weight excluding hydrogens is 258 g/mol. The van der Waals surface area contributed by atoms with Gasteiger partial charge in [-0.15, -0.1) is 0 Å². The minimum atomic E-state index is -0.905. The molecule has 1 aromatic carbocycles. The molecule has 0 amide bonds. The van der Waals surface area contributed by atoms with Crippen LogP contribution in [0.3, 0.4) is 0 Å². The SMILES string of the molecule is CC(C)(C)C1CCC(C(O)c2cccc(F)c2F)CC1. The number of aliphatic hydroxyl groups excluding tert-OH is 1. The van der Waals surface area contributed by atoms with Gasteiger partial charge in [0.25, 0.3) is 0 Å². The van der Waals surface area contributed by atoms with E-state index in [0.717, 1.165) is 31.7 Å². The highest BCUT2D eigenvalue weighted by Gasteiger charge is 2.33. The molecule has 0 radical (unpaired) electrons. The largest absolute Gasteiger partial charge is 0.388 e. The molecule has 0 aromatic heterocycles. The first-order chi connectivity index (χ1) is 9.30. The summed E-state index contributed by atoms with van der Waals surface area (Å²) in [5, 5.41) is 10.3. The molecule has 112 valence electrons. The summed E-state index contributed by atoms with van der Waals surface area (Å²) < 4.78 is 27.0. The molecule has 1 unspecified atom stereocenters. The van der Waals surface area contributed by atoms with Gasteiger partial charge in [-0.3, -0.25) is 0 Å². The average molecular weight is 282 g/mol. The lowest BCUT2D eigenvalue weighted by Gasteiger charge is -2.38. The van der Waals surface area contributed by atoms with E-state index in [0.29, 0.717) is 5.92 Å². The molecule has 1 aliphatic rings. The standard InChI is InChI=1S/C17H24F2O/c1-17(2,3)12-9-7-11(8-10-12)16(20)13-5-4-6-14(18)15(13)19/h4-6,11-12,16,20H,7-10H2,1-3H3. The van der Waals surface area contributed by atoms with E-state index in [4.69, 9.17) is 0 Å². The molecule has 3 heteroatoms. The lowest BCUT2D eigenvalue weighted by molar-refractivity contribution is 0.0502. The third kappa shape index (κ3) is 3.20. The van der Waals surface area contributed by atoms with E-state index < -0.39 is 17.7 Å². The summed E-state index contributed by atoms with van der Waals surface area (Å²) >= 11 is 0. The Labute approximate surface area is 120 Å². The number of rotatable bonds is 2. The van der Waals surface area contributed by atoms with Gasteiger partial charge in [-0.05, 0) is 49.0 Å². The lowest BCUT2D eigenvalue weighted by Crippen LogP contribution is -2.28. The van der Waals surface area contributed by atoms with Crippen molar-refractivity contribution < 1.29 is 13.9 Å². The van der Waals surface area contributed by atoms with Crippen LogP contribution in [0.4, 0.5) is 8.78 Å². The minimum Gasteiger partial charge on any atom is -0.388 e. The number of benzene rings is 1. The third-order valence-corrected chi connectivity index (χ3v) is 4.74. The fourth-order valence-electron chi connectivity index (χ4n) is 3.30. The van der Waals surface area contributed by atoms with Crippen LogP contribution in [0, 0.1) is 28.9 Å². The van der Waals surface area contributed by atoms with Crippen molar-refractivity contribution in [1.82, 2.24) is 0 Å². The van der Waals surface area contributed by atoms with Crippen molar-refractivity contribution >= 4 is 0 Å². The van der Waals surface area contributed by atoms with Crippen molar-refractivity contribution in [2.45, 2.75) is 52.6 Å². The monoisotopic (exact) mass is 282 g/mol. The second-order valence-electron chi connectivity index (χ2n) is 7.07. The quantitative estimate of drug-likeness (QED) is 0.822. The first-order valence-electron chi connectivity index (χ1n) is 7.42. The number of aliphatic hydroxyl groups is 1. The van der Waals surface area contributed by atoms with Crippen LogP contribution in [-0.2, 0) is 0 Å². The molecular formula is C17H24F2O. The summed E-state index contributed by atoms with van der Waals surface area (Å²) in [7, 11) is 0. The first-order valence-corrected chi connectivity index (χ1v) is 7.42. The lowest BCUT2D eigenvalue weighted by atomic mass is 9.68. The fourth-order valence-corrected chi connectivity index (χ4v) is 3.30. The van der Waals surface area contributed by atoms with Crippen molar-refractivity contribution in [3.8, 4) is 0 Å². The Morgan fingerprint density at radius 3 is 2.25 bits per heavy atom. The van der Waals surface area contributed by atoms with Gasteiger partial charge in [0.1, 0.15) is 0 Å². The normalized spacial score (nSPS) is 25.5. The zero-order chi connectivity index (χ0) is 14.9. The molecule has 0 aliphatic heterocycles. The van der Waals surface area contributed by atoms with Gasteiger partial charge >= 0.3 is 0 Å². The Hall–Kier alpha value is -0.960. The average Bonchev–Trinajstić information content (AvgIpc) is 2.40. The van der Waals surface area contributed by atoms with Crippen LogP contribution in [0.2, 0.25) is 0 Å². The van der Waals surface area contributed by atoms with Gasteiger partial charge in [0.2, 0.25) is 0 Å². The molecule has 1 nitrogen and oxygen atoms in total. The van der Waals surface area contributed by atoms with Gasteiger partial charge in [0.15, 0.2) is 11.6 Å². The van der Waals surface area contributed by atoms with E-state index in [1.54, 1.807) is 0 Å². The molecule has 1 N–H and O–H groups in total. The van der Waals surface area contributed by atoms with E-state index >= 15 is 0 Å². The smallest absolute Gasteiger partial charge is 0.164 e. The van der Waals surface area contributed by atoms with Crippen molar-refractivity contribution in [3.05, 3.63) is 35.4 Å². The van der Waals surface area contributed by atoms with Gasteiger partial charge in [0, 0.05) is 5.56 Å². The molecule has 0 bridgehead atoms. The summed E-state index contributed by atoms with van der Waals surface area (Å²) in [5.41, 5.74) is 0.379. The van der Waals surface area contributed by atoms with Gasteiger partial charge < -0.3 is 5.11 Å². The second kappa shape index (κ2) is 5.80. The Morgan fingerprint density at radius 1 is 1.10 bits per heavy atom. The number of hydrogen-bond acceptors (Lipinski definition) is 1. The topological polar surface area (TPSA) is 20.2 Å². The molecule has 1 fully saturated rings. The second-order valence-corrected chi connectivity index (χ2v) is 7.07. The van der Waals surface area contributed by atoms with Crippen molar-refractivity contribution in [3.63, 3.8) is 0 Å². The maximum atomic E-state index is 13.7. The van der Waals surface area contributed by atoms with Crippen LogP contribution in [-0.4, -0.2) is 5.11 Å². The Morgan fingerprint density at radius 2 is 1.70 bits per heavy atom. The molecule has 0 saturated heterocycles. The molecule has 1 aliphatic carbocycles. The summed E-state index contributed by atoms with van der Waals surface area (Å²) in [6.07, 6.45) is 2.94. The highest BCUT2D eigenvalue weighted by Crippen LogP contribution is 2.43. The van der Waals surface area contributed by atoms with Gasteiger partial charge in [0.05, 0.1) is 6.10 Å². The van der Waals surface area contributed by atoms with Crippen molar-refractivity contribution in [2.24, 2.45) is 17.3 Å². The van der Waals surface area contributed by atoms with Crippen molar-refractivity contribution in [2.75, 3.05) is 0 Å². The van der Waals surface area contributed by atoms with E-state index in [2.05, 4.69) is 20.8 Å². The molecule has 1 saturated carbocycles. The predicted molar refractivity (Wildman–Crippen MR) is 76.2 cm³/mol. The Kier molecular flexibility index (Phi) is 4.48. The van der Waals surface area contributed by atoms with Crippen LogP contribution in [0.5, 0.6) is 0 Å². The summed E-state index contributed by atoms with van der Waals surface area (Å²) in [5.74, 6) is -1.11. The molecule has 1 atom stereocenters. The zero-order valence-corrected chi connectivity index (χ0v) is 12.5. The number of halogens is 2. The van der Waals surface area contributed by atoms with E-state index in [1.807, 2.05) is 0 Å². The van der Waals surface area contributed by atoms with Crippen LogP contribution in [0.25, 0.3) is 0 Å². The zero-order valence-electron chi connectivity index (χ0n) is 12.5. The maximum absolute atomic E-state index is 13.7. The van der Waals surface area contributed by atoms with E-state index in [9.17, 15) is 13.9 Å². The maximum Gasteiger partial charge on any atom is 0.164 e. The molecule has 0 spiro atoms. The molecule has 0 heterocycles. The Bertz CT molecular complexity index is 457. The van der Waals surface area contributed by atoms with Crippen molar-refractivity contribution in [1.29, 1.82) is 0 Å². The van der Waals surface area contributed by atoms with E-state index in [1.165, 1.54) is 12.1 Å². The third-order valence-electron chi connectivity index (χ3n) is 4.74. The van der Waals surface area contributed by atoms with E-state index in [-0.39, 0.29) is 16.9 Å². The highest BCUT2D eigenvalue weighted by molar-refractivity contribution is 5.22. The van der Waals surface area contributed by atoms with Crippen LogP contribution in [0.15, 0.2) is 18.2 Å². The number of hydrogen-bond donors (Lipinski definition) is 1. The van der Waals surface area contributed by atoms with Crippen LogP contribution < -0.4 is 0 Å². The molecule has 20 heavy (non-hydrogen) atoms. The molecule has 1 aromatic rings. The highest BCUT2D eigenvalue weighted by atomic mass is 19.2. The van der Waals surface area contributed by atoms with Crippen LogP contribution in [0.1, 0.15) is 58.1 Å². The minimum absolute atomic E-state index is 0.0323. The summed E-state index contributed by atoms with van der Waals surface area (Å²) in [4.78, 5) is 0. The predicted octanol–water partition coefficient (Wildman–Crippen LogP) is 4.85. The molecule has 2 rings (SSSR count).